The lowest BCUT2D eigenvalue weighted by atomic mass is 10.1. The minimum absolute atomic E-state index is 0.146. The van der Waals surface area contributed by atoms with Crippen LogP contribution in [0.2, 0.25) is 5.02 Å². The van der Waals surface area contributed by atoms with Crippen molar-refractivity contribution in [3.8, 4) is 11.4 Å². The van der Waals surface area contributed by atoms with Crippen molar-refractivity contribution in [2.24, 2.45) is 0 Å². The van der Waals surface area contributed by atoms with Crippen LogP contribution in [-0.4, -0.2) is 42.1 Å². The molecule has 0 spiro atoms. The van der Waals surface area contributed by atoms with Crippen LogP contribution >= 0.6 is 11.6 Å². The zero-order chi connectivity index (χ0) is 22.1. The number of imidazole rings is 1. The molecule has 162 valence electrons. The summed E-state index contributed by atoms with van der Waals surface area (Å²) >= 11 is 6.45. The van der Waals surface area contributed by atoms with E-state index in [1.807, 2.05) is 49.4 Å². The minimum atomic E-state index is -0.146. The Hall–Kier alpha value is -3.35. The summed E-state index contributed by atoms with van der Waals surface area (Å²) in [4.78, 5) is 23.3. The van der Waals surface area contributed by atoms with E-state index in [9.17, 15) is 4.79 Å². The molecule has 0 radical (unpaired) electrons. The number of amides is 1. The molecule has 5 rings (SSSR count). The van der Waals surface area contributed by atoms with Gasteiger partial charge < -0.3 is 20.5 Å². The number of anilines is 2. The van der Waals surface area contributed by atoms with Crippen molar-refractivity contribution in [2.75, 3.05) is 36.4 Å². The van der Waals surface area contributed by atoms with Crippen LogP contribution in [0.25, 0.3) is 22.4 Å². The number of carbonyl (C=O) groups excluding carboxylic acids is 1. The van der Waals surface area contributed by atoms with E-state index in [1.165, 1.54) is 0 Å². The third-order valence-corrected chi connectivity index (χ3v) is 6.14. The SMILES string of the molecule is Cc1cc(N2CCNCC2)ccc1C(=O)Nc1ccc(Cl)c(-c2nc3ccccc3[nH]2)c1. The lowest BCUT2D eigenvalue weighted by Gasteiger charge is -2.29. The Morgan fingerprint density at radius 1 is 1.06 bits per heavy atom. The highest BCUT2D eigenvalue weighted by Gasteiger charge is 2.16. The van der Waals surface area contributed by atoms with Crippen molar-refractivity contribution in [1.82, 2.24) is 15.3 Å². The summed E-state index contributed by atoms with van der Waals surface area (Å²) in [6.07, 6.45) is 0. The van der Waals surface area contributed by atoms with E-state index in [0.29, 0.717) is 22.1 Å². The summed E-state index contributed by atoms with van der Waals surface area (Å²) in [7, 11) is 0. The van der Waals surface area contributed by atoms with Gasteiger partial charge in [-0.3, -0.25) is 4.79 Å². The Morgan fingerprint density at radius 3 is 2.66 bits per heavy atom. The number of nitrogens with one attached hydrogen (secondary N) is 3. The zero-order valence-electron chi connectivity index (χ0n) is 17.8. The van der Waals surface area contributed by atoms with Crippen molar-refractivity contribution < 1.29 is 4.79 Å². The summed E-state index contributed by atoms with van der Waals surface area (Å²) in [5.74, 6) is 0.524. The molecule has 3 aromatic carbocycles. The first kappa shape index (κ1) is 20.5. The molecule has 1 fully saturated rings. The molecule has 2 heterocycles. The van der Waals surface area contributed by atoms with Gasteiger partial charge in [-0.05, 0) is 61.0 Å². The average molecular weight is 446 g/mol. The monoisotopic (exact) mass is 445 g/mol. The first-order chi connectivity index (χ1) is 15.6. The second kappa shape index (κ2) is 8.65. The van der Waals surface area contributed by atoms with Crippen LogP contribution in [0.5, 0.6) is 0 Å². The number of para-hydroxylation sites is 2. The molecule has 4 aromatic rings. The second-order valence-corrected chi connectivity index (χ2v) is 8.39. The normalized spacial score (nSPS) is 14.0. The molecule has 7 heteroatoms. The number of piperazine rings is 1. The third-order valence-electron chi connectivity index (χ3n) is 5.81. The van der Waals surface area contributed by atoms with Gasteiger partial charge in [0.05, 0.1) is 16.1 Å². The third kappa shape index (κ3) is 4.07. The fourth-order valence-corrected chi connectivity index (χ4v) is 4.29. The molecule has 1 amide bonds. The molecule has 0 unspecified atom stereocenters. The van der Waals surface area contributed by atoms with E-state index in [2.05, 4.69) is 31.6 Å². The lowest BCUT2D eigenvalue weighted by molar-refractivity contribution is 0.102. The lowest BCUT2D eigenvalue weighted by Crippen LogP contribution is -2.43. The molecule has 0 atom stereocenters. The van der Waals surface area contributed by atoms with E-state index < -0.39 is 0 Å². The van der Waals surface area contributed by atoms with Crippen molar-refractivity contribution >= 4 is 39.9 Å². The zero-order valence-corrected chi connectivity index (χ0v) is 18.5. The standard InChI is InChI=1S/C25H24ClN5O/c1-16-14-18(31-12-10-27-11-13-31)7-8-19(16)25(32)28-17-6-9-21(26)20(15-17)24-29-22-4-2-3-5-23(22)30-24/h2-9,14-15,27H,10-13H2,1H3,(H,28,32)(H,29,30). The van der Waals surface area contributed by atoms with Crippen LogP contribution in [0.3, 0.4) is 0 Å². The van der Waals surface area contributed by atoms with Gasteiger partial charge in [0, 0.05) is 48.7 Å². The number of aryl methyl sites for hydroxylation is 1. The highest BCUT2D eigenvalue weighted by atomic mass is 35.5. The van der Waals surface area contributed by atoms with Crippen LogP contribution in [0, 0.1) is 6.92 Å². The van der Waals surface area contributed by atoms with Gasteiger partial charge in [0.2, 0.25) is 0 Å². The Kier molecular flexibility index (Phi) is 5.55. The number of aromatic amines is 1. The highest BCUT2D eigenvalue weighted by Crippen LogP contribution is 2.30. The Morgan fingerprint density at radius 2 is 1.88 bits per heavy atom. The predicted molar refractivity (Wildman–Crippen MR) is 131 cm³/mol. The molecule has 32 heavy (non-hydrogen) atoms. The fraction of sp³-hybridized carbons (Fsp3) is 0.200. The molecule has 3 N–H and O–H groups in total. The van der Waals surface area contributed by atoms with E-state index in [1.54, 1.807) is 12.1 Å². The number of halogens is 1. The molecule has 0 aliphatic carbocycles. The Bertz CT molecular complexity index is 1260. The summed E-state index contributed by atoms with van der Waals surface area (Å²) in [6, 6.07) is 19.3. The van der Waals surface area contributed by atoms with Crippen LogP contribution in [0.1, 0.15) is 15.9 Å². The molecule has 0 bridgehead atoms. The van der Waals surface area contributed by atoms with Crippen molar-refractivity contribution in [2.45, 2.75) is 6.92 Å². The van der Waals surface area contributed by atoms with E-state index in [4.69, 9.17) is 11.6 Å². The van der Waals surface area contributed by atoms with Gasteiger partial charge in [-0.25, -0.2) is 4.98 Å². The number of fused-ring (bicyclic) bond motifs is 1. The number of benzene rings is 3. The summed E-state index contributed by atoms with van der Waals surface area (Å²) in [5, 5.41) is 6.94. The number of carbonyl (C=O) groups is 1. The first-order valence-electron chi connectivity index (χ1n) is 10.7. The van der Waals surface area contributed by atoms with Crippen molar-refractivity contribution in [3.05, 3.63) is 76.8 Å². The summed E-state index contributed by atoms with van der Waals surface area (Å²) < 4.78 is 0. The van der Waals surface area contributed by atoms with Gasteiger partial charge in [-0.1, -0.05) is 23.7 Å². The Labute approximate surface area is 191 Å². The summed E-state index contributed by atoms with van der Waals surface area (Å²) in [6.45, 7) is 5.87. The molecule has 1 aromatic heterocycles. The molecule has 6 nitrogen and oxygen atoms in total. The van der Waals surface area contributed by atoms with Gasteiger partial charge in [0.15, 0.2) is 0 Å². The Balaban J connectivity index is 1.38. The largest absolute Gasteiger partial charge is 0.369 e. The quantitative estimate of drug-likeness (QED) is 0.419. The maximum Gasteiger partial charge on any atom is 0.255 e. The smallest absolute Gasteiger partial charge is 0.255 e. The first-order valence-corrected chi connectivity index (χ1v) is 11.1. The van der Waals surface area contributed by atoms with Gasteiger partial charge in [-0.15, -0.1) is 0 Å². The number of rotatable bonds is 4. The number of H-pyrrole nitrogens is 1. The second-order valence-electron chi connectivity index (χ2n) is 7.99. The molecule has 1 saturated heterocycles. The maximum atomic E-state index is 13.0. The van der Waals surface area contributed by atoms with Crippen molar-refractivity contribution in [3.63, 3.8) is 0 Å². The van der Waals surface area contributed by atoms with Gasteiger partial charge in [0.1, 0.15) is 5.82 Å². The van der Waals surface area contributed by atoms with Crippen LogP contribution < -0.4 is 15.5 Å². The van der Waals surface area contributed by atoms with E-state index >= 15 is 0 Å². The molecule has 1 aliphatic rings. The van der Waals surface area contributed by atoms with Gasteiger partial charge >= 0.3 is 0 Å². The van der Waals surface area contributed by atoms with E-state index in [-0.39, 0.29) is 5.91 Å². The highest BCUT2D eigenvalue weighted by molar-refractivity contribution is 6.33. The number of hydrogen-bond donors (Lipinski definition) is 3. The fourth-order valence-electron chi connectivity index (χ4n) is 4.09. The molecular weight excluding hydrogens is 422 g/mol. The number of aromatic nitrogens is 2. The van der Waals surface area contributed by atoms with E-state index in [0.717, 1.165) is 54.0 Å². The topological polar surface area (TPSA) is 73.1 Å². The predicted octanol–water partition coefficient (Wildman–Crippen LogP) is 4.85. The molecular formula is C25H24ClN5O. The van der Waals surface area contributed by atoms with Gasteiger partial charge in [0.25, 0.3) is 5.91 Å². The summed E-state index contributed by atoms with van der Waals surface area (Å²) in [5.41, 5.74) is 5.97. The number of nitrogens with zero attached hydrogens (tertiary/aromatic N) is 2. The maximum absolute atomic E-state index is 13.0. The van der Waals surface area contributed by atoms with Crippen LogP contribution in [-0.2, 0) is 0 Å². The average Bonchev–Trinajstić information content (AvgIpc) is 3.25. The minimum Gasteiger partial charge on any atom is -0.369 e. The van der Waals surface area contributed by atoms with Crippen molar-refractivity contribution in [1.29, 1.82) is 0 Å². The molecule has 0 saturated carbocycles. The van der Waals surface area contributed by atoms with Crippen LogP contribution in [0.4, 0.5) is 11.4 Å². The molecule has 1 aliphatic heterocycles. The number of hydrogen-bond acceptors (Lipinski definition) is 4. The van der Waals surface area contributed by atoms with Crippen LogP contribution in [0.15, 0.2) is 60.7 Å². The van der Waals surface area contributed by atoms with Gasteiger partial charge in [-0.2, -0.15) is 0 Å².